The van der Waals surface area contributed by atoms with Crippen LogP contribution in [-0.4, -0.2) is 5.09 Å². The third kappa shape index (κ3) is 323. The number of halogens is 1. The van der Waals surface area contributed by atoms with Gasteiger partial charge in [0.15, 0.2) is 0 Å². The molecule has 0 aromatic rings. The van der Waals surface area contributed by atoms with Gasteiger partial charge in [-0.05, 0) is 0 Å². The molecule has 0 aliphatic rings. The van der Waals surface area contributed by atoms with E-state index >= 15 is 0 Å². The van der Waals surface area contributed by atoms with Crippen molar-refractivity contribution in [2.24, 2.45) is 0 Å². The fourth-order valence-electron chi connectivity index (χ4n) is 0. The van der Waals surface area contributed by atoms with Crippen molar-refractivity contribution in [2.75, 3.05) is 0 Å². The molecule has 4 nitrogen and oxygen atoms in total. The first-order valence-electron chi connectivity index (χ1n) is 0.667. The minimum Gasteiger partial charge on any atom is 1.00 e. The van der Waals surface area contributed by atoms with Crippen LogP contribution in [0.2, 0.25) is 0 Å². The van der Waals surface area contributed by atoms with E-state index in [1.54, 1.807) is 0 Å². The number of rotatable bonds is 0. The maximum absolute atomic E-state index is 8.25. The van der Waals surface area contributed by atoms with Crippen LogP contribution in [0.3, 0.4) is 0 Å². The maximum Gasteiger partial charge on any atom is 1.00 e. The van der Waals surface area contributed by atoms with E-state index in [2.05, 4.69) is 27.7 Å². The molecule has 0 heterocycles. The van der Waals surface area contributed by atoms with E-state index in [4.69, 9.17) is 15.3 Å². The first kappa shape index (κ1) is 15.6. The smallest absolute Gasteiger partial charge is 1.00 e. The van der Waals surface area contributed by atoms with Crippen molar-refractivity contribution in [1.82, 2.24) is 0 Å². The van der Waals surface area contributed by atoms with Crippen LogP contribution in [0, 0.1) is 15.3 Å². The van der Waals surface area contributed by atoms with Crippen molar-refractivity contribution in [3.63, 3.8) is 0 Å². The van der Waals surface area contributed by atoms with Gasteiger partial charge in [0.05, 0.1) is 5.09 Å². The summed E-state index contributed by atoms with van der Waals surface area (Å²) in [4.78, 5) is 8.25. The first-order chi connectivity index (χ1) is 2.73. The fraction of sp³-hybridized carbons (Fsp3) is 0. The molecule has 51 valence electrons. The third-order valence-corrected chi connectivity index (χ3v) is 0. The zero-order chi connectivity index (χ0) is 5.58. The molecule has 7 heavy (non-hydrogen) atoms. The first-order valence-corrected chi connectivity index (χ1v) is 2.67. The second-order valence-corrected chi connectivity index (χ2v) is 0.224. The van der Waals surface area contributed by atoms with E-state index in [0.29, 0.717) is 0 Å². The van der Waals surface area contributed by atoms with E-state index in [9.17, 15) is 0 Å². The van der Waals surface area contributed by atoms with Gasteiger partial charge in [0.25, 0.3) is 0 Å². The van der Waals surface area contributed by atoms with Crippen LogP contribution in [-0.2, 0) is 35.2 Å². The Bertz CT molecular complexity index is 37.9. The summed E-state index contributed by atoms with van der Waals surface area (Å²) in [7, 11) is 4.49. The van der Waals surface area contributed by atoms with E-state index < -0.39 is 5.09 Å². The minimum atomic E-state index is -1.75. The Morgan fingerprint density at radius 2 is 1.43 bits per heavy atom. The Labute approximate surface area is 65.2 Å². The molecule has 0 atom stereocenters. The summed E-state index contributed by atoms with van der Waals surface area (Å²) in [6.45, 7) is 0. The van der Waals surface area contributed by atoms with Crippen LogP contribution in [0.1, 0.15) is 0 Å². The van der Waals surface area contributed by atoms with Gasteiger partial charge in [-0.1, -0.05) is 0 Å². The monoisotopic (exact) mass is 266 g/mol. The predicted octanol–water partition coefficient (Wildman–Crippen LogP) is 0.445. The molecule has 0 radical (unpaired) electrons. The summed E-state index contributed by atoms with van der Waals surface area (Å²) < 4.78 is 0. The molecule has 0 aromatic heterocycles. The van der Waals surface area contributed by atoms with Gasteiger partial charge in [-0.2, -0.15) is 0 Å². The Hall–Kier alpha value is 0.672. The molecule has 0 unspecified atom stereocenters. The standard InChI is InChI=1S/ClH.Cu.NO3.Pd/c;;2-1(3)4;/h1H;;;/q;+1;-1;+1/p-1. The van der Waals surface area contributed by atoms with Crippen LogP contribution < -0.4 is 0 Å². The summed E-state index contributed by atoms with van der Waals surface area (Å²) in [5.41, 5.74) is 0. The largest absolute Gasteiger partial charge is 1.00 e. The van der Waals surface area contributed by atoms with Gasteiger partial charge in [0.2, 0.25) is 0 Å². The van der Waals surface area contributed by atoms with Crippen molar-refractivity contribution in [3.05, 3.63) is 15.3 Å². The van der Waals surface area contributed by atoms with Crippen LogP contribution in [0.4, 0.5) is 0 Å². The molecule has 7 heteroatoms. The normalized spacial score (nSPS) is 4.43. The van der Waals surface area contributed by atoms with Crippen LogP contribution in [0.5, 0.6) is 0 Å². The molecule has 0 fully saturated rings. The predicted molar refractivity (Wildman–Crippen MR) is 16.2 cm³/mol. The van der Waals surface area contributed by atoms with Gasteiger partial charge in [0, 0.05) is 0 Å². The van der Waals surface area contributed by atoms with Crippen LogP contribution >= 0.6 is 9.53 Å². The third-order valence-electron chi connectivity index (χ3n) is 0. The second-order valence-electron chi connectivity index (χ2n) is 0.224. The van der Waals surface area contributed by atoms with Crippen LogP contribution in [0.15, 0.2) is 0 Å². The molecule has 0 bridgehead atoms. The maximum atomic E-state index is 8.25. The Morgan fingerprint density at radius 3 is 1.43 bits per heavy atom. The van der Waals surface area contributed by atoms with Gasteiger partial charge in [0.1, 0.15) is 0 Å². The summed E-state index contributed by atoms with van der Waals surface area (Å²) in [6, 6.07) is 0. The molecule has 0 aliphatic carbocycles. The Morgan fingerprint density at radius 1 is 1.43 bits per heavy atom. The number of nitrogens with zero attached hydrogens (tertiary/aromatic N) is 1. The molecule has 0 spiro atoms. The summed E-state index contributed by atoms with van der Waals surface area (Å²) in [5.74, 6) is 0. The number of hydrogen-bond donors (Lipinski definition) is 0. The van der Waals surface area contributed by atoms with Crippen molar-refractivity contribution in [3.8, 4) is 0 Å². The van der Waals surface area contributed by atoms with Crippen molar-refractivity contribution in [2.45, 2.75) is 0 Å². The average Bonchev–Trinajstić information content (AvgIpc) is 1.41. The Balaban J connectivity index is -0.0000000480. The van der Waals surface area contributed by atoms with E-state index in [-0.39, 0.29) is 17.1 Å². The topological polar surface area (TPSA) is 66.2 Å². The summed E-state index contributed by atoms with van der Waals surface area (Å²) in [5, 5.41) is 14.8. The fourth-order valence-corrected chi connectivity index (χ4v) is 0. The van der Waals surface area contributed by atoms with Gasteiger partial charge in [-0.3, -0.25) is 0 Å². The van der Waals surface area contributed by atoms with Crippen LogP contribution in [0.25, 0.3) is 0 Å². The number of hydrogen-bond acceptors (Lipinski definition) is 3. The van der Waals surface area contributed by atoms with Gasteiger partial charge in [-0.25, -0.2) is 0 Å². The molecule has 0 N–H and O–H groups in total. The van der Waals surface area contributed by atoms with Crippen molar-refractivity contribution in [1.29, 1.82) is 0 Å². The zero-order valence-electron chi connectivity index (χ0n) is 2.67. The van der Waals surface area contributed by atoms with E-state index in [1.165, 1.54) is 0 Å². The molecule has 0 aromatic carbocycles. The van der Waals surface area contributed by atoms with Gasteiger partial charge < -0.3 is 15.3 Å². The summed E-state index contributed by atoms with van der Waals surface area (Å²) >= 11 is 2.22. The van der Waals surface area contributed by atoms with E-state index in [1.807, 2.05) is 0 Å². The second kappa shape index (κ2) is 15.9. The zero-order valence-corrected chi connectivity index (χ0v) is 5.92. The summed E-state index contributed by atoms with van der Waals surface area (Å²) in [6.07, 6.45) is 0. The average molecular weight is 267 g/mol. The van der Waals surface area contributed by atoms with E-state index in [0.717, 1.165) is 0 Å². The molecule has 0 saturated carbocycles. The van der Waals surface area contributed by atoms with Gasteiger partial charge in [-0.15, -0.1) is 0 Å². The van der Waals surface area contributed by atoms with Crippen molar-refractivity contribution >= 4 is 9.53 Å². The molecular weight excluding hydrogens is 267 g/mol. The SMILES string of the molecule is O=[N+]([O-])[O-].[Cl][Pd].[Cu+]. The molecular formula is ClCuNO3Pd. The van der Waals surface area contributed by atoms with Gasteiger partial charge >= 0.3 is 44.8 Å². The molecule has 0 rings (SSSR count). The molecule has 0 saturated heterocycles. The molecule has 0 amide bonds. The van der Waals surface area contributed by atoms with Crippen molar-refractivity contribution < 1.29 is 40.3 Å². The Kier molecular flexibility index (Phi) is 35.6. The molecule has 0 aliphatic heterocycles. The minimum absolute atomic E-state index is 0. The quantitative estimate of drug-likeness (QED) is 0.363.